The van der Waals surface area contributed by atoms with E-state index in [-0.39, 0.29) is 17.3 Å². The van der Waals surface area contributed by atoms with Crippen molar-refractivity contribution in [2.75, 3.05) is 26.2 Å². The smallest absolute Gasteiger partial charge is 0.137 e. The molecule has 4 aliphatic rings. The number of amides is 1. The molecule has 6 rings (SSSR count). The highest BCUT2D eigenvalue weighted by molar-refractivity contribution is 5.68. The lowest BCUT2D eigenvalue weighted by molar-refractivity contribution is -0.277. The summed E-state index contributed by atoms with van der Waals surface area (Å²) in [4.78, 5) is 16.6. The summed E-state index contributed by atoms with van der Waals surface area (Å²) >= 11 is 0. The first-order valence-electron chi connectivity index (χ1n) is 12.6. The molecule has 6 heteroatoms. The number of halogens is 1. The Hall–Kier alpha value is -2.60. The molecule has 3 heterocycles. The van der Waals surface area contributed by atoms with Crippen molar-refractivity contribution in [3.8, 4) is 16.9 Å². The Morgan fingerprint density at radius 1 is 1.21 bits per heavy atom. The van der Waals surface area contributed by atoms with Gasteiger partial charge in [-0.1, -0.05) is 26.0 Å². The summed E-state index contributed by atoms with van der Waals surface area (Å²) in [5.74, 6) is 0.781. The van der Waals surface area contributed by atoms with Crippen LogP contribution in [0.5, 0.6) is 5.75 Å². The van der Waals surface area contributed by atoms with Crippen LogP contribution >= 0.6 is 0 Å². The Morgan fingerprint density at radius 2 is 1.91 bits per heavy atom. The maximum atomic E-state index is 15.6. The number of fused-ring (bicyclic) bond motifs is 4. The third-order valence-electron chi connectivity index (χ3n) is 8.25. The quantitative estimate of drug-likeness (QED) is 0.645. The van der Waals surface area contributed by atoms with Crippen molar-refractivity contribution >= 4 is 6.09 Å². The first kappa shape index (κ1) is 23.2. The monoisotopic (exact) mass is 465 g/mol. The minimum Gasteiger partial charge on any atom is -0.530 e. The van der Waals surface area contributed by atoms with Crippen molar-refractivity contribution in [1.82, 2.24) is 9.80 Å². The molecule has 2 aromatic carbocycles. The molecule has 3 aliphatic heterocycles. The van der Waals surface area contributed by atoms with Gasteiger partial charge in [0.2, 0.25) is 0 Å². The predicted molar refractivity (Wildman–Crippen MR) is 128 cm³/mol. The zero-order valence-corrected chi connectivity index (χ0v) is 20.4. The molecule has 3 fully saturated rings. The van der Waals surface area contributed by atoms with Gasteiger partial charge in [0.05, 0.1) is 12.6 Å². The fraction of sp³-hybridized carbons (Fsp3) is 0.536. The summed E-state index contributed by atoms with van der Waals surface area (Å²) in [6.07, 6.45) is 2.52. The molecule has 2 bridgehead atoms. The first-order valence-corrected chi connectivity index (χ1v) is 12.6. The number of nitrogens with zero attached hydrogens (tertiary/aromatic N) is 2. The van der Waals surface area contributed by atoms with Crippen molar-refractivity contribution < 1.29 is 19.0 Å². The fourth-order valence-electron chi connectivity index (χ4n) is 6.45. The average Bonchev–Trinajstić information content (AvgIpc) is 2.82. The second-order valence-corrected chi connectivity index (χ2v) is 10.8. The summed E-state index contributed by atoms with van der Waals surface area (Å²) in [7, 11) is 0. The summed E-state index contributed by atoms with van der Waals surface area (Å²) in [6.45, 7) is 9.54. The topological polar surface area (TPSA) is 55.8 Å². The number of piperidine rings is 3. The number of hydrogen-bond donors (Lipinski definition) is 0. The SMILES string of the molecule is CCOc1ccc(-c2cc3c(cc2F)[C@H](N(C(=O)[O-])[C@@H]2CN4CCC2CC4)C(C)(C)CC3)cc1. The number of hydrogen-bond acceptors (Lipinski definition) is 4. The molecule has 182 valence electrons. The zero-order chi connectivity index (χ0) is 24.0. The summed E-state index contributed by atoms with van der Waals surface area (Å²) in [6, 6.07) is 10.5. The number of carbonyl (C=O) groups excluding carboxylic acids is 1. The van der Waals surface area contributed by atoms with E-state index in [2.05, 4.69) is 18.7 Å². The molecule has 0 spiro atoms. The van der Waals surface area contributed by atoms with Crippen LogP contribution in [0.1, 0.15) is 57.2 Å². The number of carboxylic acid groups (broad SMARTS) is 1. The van der Waals surface area contributed by atoms with Gasteiger partial charge in [0.1, 0.15) is 17.7 Å². The normalized spacial score (nSPS) is 27.2. The third-order valence-corrected chi connectivity index (χ3v) is 8.25. The molecular weight excluding hydrogens is 431 g/mol. The lowest BCUT2D eigenvalue weighted by Gasteiger charge is -2.56. The summed E-state index contributed by atoms with van der Waals surface area (Å²) in [5, 5.41) is 12.6. The molecule has 5 nitrogen and oxygen atoms in total. The van der Waals surface area contributed by atoms with Gasteiger partial charge in [-0.2, -0.15) is 0 Å². The van der Waals surface area contributed by atoms with Gasteiger partial charge >= 0.3 is 0 Å². The number of rotatable bonds is 5. The fourth-order valence-corrected chi connectivity index (χ4v) is 6.45. The largest absolute Gasteiger partial charge is 0.530 e. The number of carbonyl (C=O) groups is 1. The molecule has 34 heavy (non-hydrogen) atoms. The lowest BCUT2D eigenvalue weighted by Crippen LogP contribution is -2.63. The van der Waals surface area contributed by atoms with Gasteiger partial charge in [0, 0.05) is 18.2 Å². The Labute approximate surface area is 201 Å². The highest BCUT2D eigenvalue weighted by Gasteiger charge is 2.46. The van der Waals surface area contributed by atoms with E-state index < -0.39 is 12.1 Å². The average molecular weight is 466 g/mol. The van der Waals surface area contributed by atoms with Crippen LogP contribution in [-0.4, -0.2) is 48.2 Å². The zero-order valence-electron chi connectivity index (χ0n) is 20.4. The van der Waals surface area contributed by atoms with Crippen LogP contribution in [0.3, 0.4) is 0 Å². The van der Waals surface area contributed by atoms with E-state index in [4.69, 9.17) is 4.74 Å². The van der Waals surface area contributed by atoms with Crippen molar-refractivity contribution in [2.45, 2.75) is 58.5 Å². The van der Waals surface area contributed by atoms with Crippen molar-refractivity contribution in [3.63, 3.8) is 0 Å². The van der Waals surface area contributed by atoms with Crippen LogP contribution in [0.15, 0.2) is 36.4 Å². The van der Waals surface area contributed by atoms with E-state index in [0.717, 1.165) is 67.8 Å². The highest BCUT2D eigenvalue weighted by Crippen LogP contribution is 2.50. The van der Waals surface area contributed by atoms with Gasteiger partial charge in [-0.05, 0) is 98.0 Å². The molecule has 2 atom stereocenters. The number of ether oxygens (including phenoxy) is 1. The predicted octanol–water partition coefficient (Wildman–Crippen LogP) is 4.64. The van der Waals surface area contributed by atoms with E-state index in [0.29, 0.717) is 18.1 Å². The Morgan fingerprint density at radius 3 is 2.50 bits per heavy atom. The highest BCUT2D eigenvalue weighted by atomic mass is 19.1. The molecule has 1 amide bonds. The lowest BCUT2D eigenvalue weighted by atomic mass is 9.68. The van der Waals surface area contributed by atoms with Gasteiger partial charge in [-0.15, -0.1) is 0 Å². The van der Waals surface area contributed by atoms with Crippen molar-refractivity contribution in [3.05, 3.63) is 53.3 Å². The minimum atomic E-state index is -1.14. The van der Waals surface area contributed by atoms with Gasteiger partial charge in [-0.25, -0.2) is 4.39 Å². The van der Waals surface area contributed by atoms with Crippen LogP contribution in [0, 0.1) is 17.2 Å². The molecule has 0 radical (unpaired) electrons. The first-order chi connectivity index (χ1) is 16.3. The second-order valence-electron chi connectivity index (χ2n) is 10.8. The van der Waals surface area contributed by atoms with E-state index in [1.807, 2.05) is 37.3 Å². The van der Waals surface area contributed by atoms with Gasteiger partial charge in [0.25, 0.3) is 0 Å². The standard InChI is InChI=1S/C28H35FN2O3/c1-4-34-21-7-5-18(6-8-21)22-15-20-9-12-28(2,3)26(23(20)16-24(22)29)31(27(32)33)25-17-30-13-10-19(25)11-14-30/h5-8,15-16,19,25-26H,4,9-14,17H2,1-3H3,(H,32,33)/p-1/t25-,26+/m1/s1. The Balaban J connectivity index is 1.54. The molecule has 3 saturated heterocycles. The second kappa shape index (κ2) is 8.88. The van der Waals surface area contributed by atoms with Crippen molar-refractivity contribution in [2.24, 2.45) is 11.3 Å². The molecule has 0 aromatic heterocycles. The third kappa shape index (κ3) is 4.06. The number of aryl methyl sites for hydroxylation is 1. The van der Waals surface area contributed by atoms with E-state index >= 15 is 4.39 Å². The van der Waals surface area contributed by atoms with Crippen LogP contribution in [-0.2, 0) is 6.42 Å². The van der Waals surface area contributed by atoms with Crippen LogP contribution in [0.2, 0.25) is 0 Å². The molecule has 0 saturated carbocycles. The molecule has 1 aliphatic carbocycles. The maximum absolute atomic E-state index is 15.6. The Bertz CT molecular complexity index is 1060. The van der Waals surface area contributed by atoms with Crippen LogP contribution in [0.25, 0.3) is 11.1 Å². The van der Waals surface area contributed by atoms with Crippen LogP contribution in [0.4, 0.5) is 9.18 Å². The van der Waals surface area contributed by atoms with Gasteiger partial charge in [-0.3, -0.25) is 0 Å². The molecular formula is C28H34FN2O3-. The van der Waals surface area contributed by atoms with E-state index in [1.54, 1.807) is 11.0 Å². The van der Waals surface area contributed by atoms with Crippen molar-refractivity contribution in [1.29, 1.82) is 0 Å². The minimum absolute atomic E-state index is 0.100. The van der Waals surface area contributed by atoms with Gasteiger partial charge < -0.3 is 24.4 Å². The molecule has 0 N–H and O–H groups in total. The summed E-state index contributed by atoms with van der Waals surface area (Å²) < 4.78 is 21.1. The summed E-state index contributed by atoms with van der Waals surface area (Å²) in [5.41, 5.74) is 2.85. The molecule has 2 aromatic rings. The van der Waals surface area contributed by atoms with E-state index in [1.165, 1.54) is 0 Å². The number of benzene rings is 2. The van der Waals surface area contributed by atoms with Gasteiger partial charge in [0.15, 0.2) is 0 Å². The molecule has 0 unspecified atom stereocenters. The van der Waals surface area contributed by atoms with Crippen LogP contribution < -0.4 is 9.84 Å². The van der Waals surface area contributed by atoms with E-state index in [9.17, 15) is 9.90 Å². The Kier molecular flexibility index (Phi) is 6.05. The maximum Gasteiger partial charge on any atom is 0.137 e.